The van der Waals surface area contributed by atoms with E-state index in [1.807, 2.05) is 30.3 Å². The van der Waals surface area contributed by atoms with Crippen LogP contribution in [0.25, 0.3) is 11.4 Å². The highest BCUT2D eigenvalue weighted by Gasteiger charge is 2.36. The van der Waals surface area contributed by atoms with Gasteiger partial charge in [0.1, 0.15) is 6.04 Å². The number of tetrazole rings is 1. The molecule has 3 rings (SSSR count). The quantitative estimate of drug-likeness (QED) is 0.847. The van der Waals surface area contributed by atoms with E-state index in [0.29, 0.717) is 18.7 Å². The Labute approximate surface area is 132 Å². The monoisotopic (exact) mass is 315 g/mol. The van der Waals surface area contributed by atoms with E-state index in [0.717, 1.165) is 5.56 Å². The van der Waals surface area contributed by atoms with Gasteiger partial charge in [-0.15, -0.1) is 10.2 Å². The highest BCUT2D eigenvalue weighted by Crippen LogP contribution is 2.27. The van der Waals surface area contributed by atoms with Crippen LogP contribution in [0.3, 0.4) is 0 Å². The molecule has 120 valence electrons. The average molecular weight is 315 g/mol. The van der Waals surface area contributed by atoms with Gasteiger partial charge >= 0.3 is 5.97 Å². The Morgan fingerprint density at radius 2 is 2.00 bits per heavy atom. The lowest BCUT2D eigenvalue weighted by Crippen LogP contribution is -2.48. The van der Waals surface area contributed by atoms with Gasteiger partial charge in [-0.1, -0.05) is 30.3 Å². The van der Waals surface area contributed by atoms with Crippen molar-refractivity contribution in [3.63, 3.8) is 0 Å². The predicted molar refractivity (Wildman–Crippen MR) is 80.3 cm³/mol. The maximum Gasteiger partial charge on any atom is 0.306 e. The summed E-state index contributed by atoms with van der Waals surface area (Å²) in [6, 6.07) is 8.68. The lowest BCUT2D eigenvalue weighted by atomic mass is 9.80. The van der Waals surface area contributed by atoms with E-state index < -0.39 is 12.0 Å². The molecule has 2 N–H and O–H groups in total. The Morgan fingerprint density at radius 1 is 1.30 bits per heavy atom. The molecule has 1 saturated carbocycles. The molecule has 8 heteroatoms. The Hall–Kier alpha value is -2.77. The van der Waals surface area contributed by atoms with Crippen molar-refractivity contribution in [2.75, 3.05) is 0 Å². The number of benzene rings is 1. The Morgan fingerprint density at radius 3 is 2.65 bits per heavy atom. The van der Waals surface area contributed by atoms with Crippen molar-refractivity contribution >= 4 is 11.9 Å². The van der Waals surface area contributed by atoms with Crippen LogP contribution in [0.5, 0.6) is 0 Å². The van der Waals surface area contributed by atoms with Crippen molar-refractivity contribution in [2.24, 2.45) is 5.92 Å². The third kappa shape index (κ3) is 3.20. The van der Waals surface area contributed by atoms with Crippen molar-refractivity contribution in [3.05, 3.63) is 30.3 Å². The third-order valence-corrected chi connectivity index (χ3v) is 4.02. The molecule has 0 saturated heterocycles. The number of rotatable bonds is 5. The molecule has 8 nitrogen and oxygen atoms in total. The van der Waals surface area contributed by atoms with Crippen LogP contribution in [0.2, 0.25) is 0 Å². The highest BCUT2D eigenvalue weighted by atomic mass is 16.4. The molecule has 1 aromatic heterocycles. The van der Waals surface area contributed by atoms with Gasteiger partial charge in [0.05, 0.1) is 5.92 Å². The van der Waals surface area contributed by atoms with Gasteiger partial charge in [-0.25, -0.2) is 0 Å². The zero-order chi connectivity index (χ0) is 16.4. The molecular weight excluding hydrogens is 298 g/mol. The standard InChI is InChI=1S/C15H17N5O3/c1-9(14(21)16-12-7-11(8-12)15(22)23)20-18-13(17-19-20)10-5-3-2-4-6-10/h2-6,9,11-12H,7-8H2,1H3,(H,16,21)(H,22,23). The van der Waals surface area contributed by atoms with Crippen molar-refractivity contribution < 1.29 is 14.7 Å². The summed E-state index contributed by atoms with van der Waals surface area (Å²) < 4.78 is 0. The zero-order valence-electron chi connectivity index (χ0n) is 12.6. The molecule has 1 fully saturated rings. The minimum Gasteiger partial charge on any atom is -0.481 e. The molecule has 0 spiro atoms. The summed E-state index contributed by atoms with van der Waals surface area (Å²) >= 11 is 0. The number of nitrogens with one attached hydrogen (secondary N) is 1. The fourth-order valence-electron chi connectivity index (χ4n) is 2.46. The highest BCUT2D eigenvalue weighted by molar-refractivity contribution is 5.80. The lowest BCUT2D eigenvalue weighted by molar-refractivity contribution is -0.146. The minimum absolute atomic E-state index is 0.0943. The van der Waals surface area contributed by atoms with Crippen molar-refractivity contribution in [1.29, 1.82) is 0 Å². The van der Waals surface area contributed by atoms with Crippen LogP contribution in [0.1, 0.15) is 25.8 Å². The molecule has 1 atom stereocenters. The van der Waals surface area contributed by atoms with Crippen LogP contribution in [-0.4, -0.2) is 43.2 Å². The van der Waals surface area contributed by atoms with Crippen LogP contribution in [0.4, 0.5) is 0 Å². The SMILES string of the molecule is CC(C(=O)NC1CC(C(=O)O)C1)n1nnc(-c2ccccc2)n1. The van der Waals surface area contributed by atoms with E-state index in [1.54, 1.807) is 6.92 Å². The van der Waals surface area contributed by atoms with E-state index in [4.69, 9.17) is 5.11 Å². The van der Waals surface area contributed by atoms with Gasteiger partial charge in [-0.3, -0.25) is 9.59 Å². The summed E-state index contributed by atoms with van der Waals surface area (Å²) in [5.41, 5.74) is 0.828. The van der Waals surface area contributed by atoms with E-state index in [1.165, 1.54) is 4.80 Å². The molecule has 0 bridgehead atoms. The average Bonchev–Trinajstić information content (AvgIpc) is 2.99. The van der Waals surface area contributed by atoms with Gasteiger partial charge in [0.25, 0.3) is 0 Å². The predicted octanol–water partition coefficient (Wildman–Crippen LogP) is 0.880. The van der Waals surface area contributed by atoms with Crippen molar-refractivity contribution in [2.45, 2.75) is 31.8 Å². The molecule has 0 radical (unpaired) electrons. The first-order valence-electron chi connectivity index (χ1n) is 7.42. The summed E-state index contributed by atoms with van der Waals surface area (Å²) in [6.45, 7) is 1.68. The van der Waals surface area contributed by atoms with Gasteiger partial charge in [0, 0.05) is 11.6 Å². The fourth-order valence-corrected chi connectivity index (χ4v) is 2.46. The molecule has 1 heterocycles. The maximum absolute atomic E-state index is 12.2. The van der Waals surface area contributed by atoms with Gasteiger partial charge in [0.2, 0.25) is 11.7 Å². The largest absolute Gasteiger partial charge is 0.481 e. The first-order valence-corrected chi connectivity index (χ1v) is 7.42. The topological polar surface area (TPSA) is 110 Å². The van der Waals surface area contributed by atoms with E-state index in [2.05, 4.69) is 20.7 Å². The second kappa shape index (κ2) is 6.15. The second-order valence-electron chi connectivity index (χ2n) is 5.69. The minimum atomic E-state index is -0.811. The van der Waals surface area contributed by atoms with Crippen LogP contribution in [0.15, 0.2) is 30.3 Å². The van der Waals surface area contributed by atoms with Gasteiger partial charge in [-0.2, -0.15) is 4.80 Å². The van der Waals surface area contributed by atoms with Gasteiger partial charge in [-0.05, 0) is 25.0 Å². The number of nitrogens with zero attached hydrogens (tertiary/aromatic N) is 4. The number of hydrogen-bond donors (Lipinski definition) is 2. The van der Waals surface area contributed by atoms with Gasteiger partial charge in [0.15, 0.2) is 0 Å². The lowest BCUT2D eigenvalue weighted by Gasteiger charge is -2.33. The summed E-state index contributed by atoms with van der Waals surface area (Å²) in [5.74, 6) is -0.950. The molecule has 1 aliphatic rings. The molecule has 2 aromatic rings. The maximum atomic E-state index is 12.2. The number of carboxylic acid groups (broad SMARTS) is 1. The summed E-state index contributed by atoms with van der Waals surface area (Å²) in [4.78, 5) is 24.2. The summed E-state index contributed by atoms with van der Waals surface area (Å²) in [6.07, 6.45) is 0.932. The first-order chi connectivity index (χ1) is 11.0. The Kier molecular flexibility index (Phi) is 4.05. The Bertz CT molecular complexity index is 709. The number of amides is 1. The smallest absolute Gasteiger partial charge is 0.306 e. The number of hydrogen-bond acceptors (Lipinski definition) is 5. The summed E-state index contributed by atoms with van der Waals surface area (Å²) in [7, 11) is 0. The molecular formula is C15H17N5O3. The second-order valence-corrected chi connectivity index (χ2v) is 5.69. The van der Waals surface area contributed by atoms with Crippen molar-refractivity contribution in [3.8, 4) is 11.4 Å². The normalized spacial score (nSPS) is 21.3. The molecule has 0 aliphatic heterocycles. The number of carboxylic acids is 1. The Balaban J connectivity index is 1.60. The molecule has 1 aliphatic carbocycles. The van der Waals surface area contributed by atoms with Crippen LogP contribution >= 0.6 is 0 Å². The zero-order valence-corrected chi connectivity index (χ0v) is 12.6. The van der Waals surface area contributed by atoms with Crippen LogP contribution in [0, 0.1) is 5.92 Å². The number of carbonyl (C=O) groups excluding carboxylic acids is 1. The number of carbonyl (C=O) groups is 2. The third-order valence-electron chi connectivity index (χ3n) is 4.02. The van der Waals surface area contributed by atoms with Crippen molar-refractivity contribution in [1.82, 2.24) is 25.5 Å². The molecule has 1 amide bonds. The fraction of sp³-hybridized carbons (Fsp3) is 0.400. The first kappa shape index (κ1) is 15.1. The van der Waals surface area contributed by atoms with E-state index >= 15 is 0 Å². The number of aliphatic carboxylic acids is 1. The molecule has 1 aromatic carbocycles. The van der Waals surface area contributed by atoms with E-state index in [-0.39, 0.29) is 17.9 Å². The summed E-state index contributed by atoms with van der Waals surface area (Å²) in [5, 5.41) is 23.8. The molecule has 23 heavy (non-hydrogen) atoms. The molecule has 1 unspecified atom stereocenters. The van der Waals surface area contributed by atoms with Crippen LogP contribution < -0.4 is 5.32 Å². The number of aromatic nitrogens is 4. The van der Waals surface area contributed by atoms with E-state index in [9.17, 15) is 9.59 Å². The van der Waals surface area contributed by atoms with Crippen LogP contribution in [-0.2, 0) is 9.59 Å². The van der Waals surface area contributed by atoms with Gasteiger partial charge < -0.3 is 10.4 Å².